The summed E-state index contributed by atoms with van der Waals surface area (Å²) in [5, 5.41) is 12.3. The Bertz CT molecular complexity index is 542. The van der Waals surface area contributed by atoms with Crippen LogP contribution in [0.5, 0.6) is 5.75 Å². The fraction of sp³-hybridized carbons (Fsp3) is 0.429. The first-order valence-corrected chi connectivity index (χ1v) is 6.41. The normalized spacial score (nSPS) is 20.6. The molecule has 0 aliphatic carbocycles. The zero-order valence-corrected chi connectivity index (χ0v) is 11.7. The second-order valence-corrected chi connectivity index (χ2v) is 4.79. The van der Waals surface area contributed by atoms with Gasteiger partial charge in [0.2, 0.25) is 11.8 Å². The van der Waals surface area contributed by atoms with Gasteiger partial charge in [0.1, 0.15) is 11.8 Å². The molecule has 6 nitrogen and oxygen atoms in total. The maximum atomic E-state index is 11.8. The Morgan fingerprint density at radius 1 is 1.45 bits per heavy atom. The van der Waals surface area contributed by atoms with Gasteiger partial charge in [0.05, 0.1) is 19.8 Å². The fourth-order valence-electron chi connectivity index (χ4n) is 2.39. The maximum Gasteiger partial charge on any atom is 0.249 e. The lowest BCUT2D eigenvalue weighted by molar-refractivity contribution is -0.132. The quantitative estimate of drug-likeness (QED) is 0.792. The van der Waals surface area contributed by atoms with Crippen LogP contribution in [0.15, 0.2) is 18.2 Å². The molecule has 1 fully saturated rings. The van der Waals surface area contributed by atoms with E-state index in [1.807, 2.05) is 0 Å². The number of hydrogen-bond acceptors (Lipinski definition) is 5. The van der Waals surface area contributed by atoms with Gasteiger partial charge in [-0.05, 0) is 26.0 Å². The first-order valence-electron chi connectivity index (χ1n) is 6.41. The van der Waals surface area contributed by atoms with Gasteiger partial charge in [0.15, 0.2) is 0 Å². The highest BCUT2D eigenvalue weighted by atomic mass is 16.5. The molecule has 2 N–H and O–H groups in total. The van der Waals surface area contributed by atoms with E-state index in [2.05, 4.69) is 5.32 Å². The molecule has 2 atom stereocenters. The van der Waals surface area contributed by atoms with Gasteiger partial charge in [-0.3, -0.25) is 14.9 Å². The van der Waals surface area contributed by atoms with Crippen molar-refractivity contribution < 1.29 is 19.4 Å². The number of carbonyl (C=O) groups is 2. The number of piperazine rings is 1. The zero-order chi connectivity index (χ0) is 14.9. The number of aliphatic hydroxyl groups is 1. The first kappa shape index (κ1) is 14.3. The number of rotatable bonds is 3. The molecule has 0 aromatic heterocycles. The Hall–Kier alpha value is -2.08. The van der Waals surface area contributed by atoms with Crippen LogP contribution in [0.25, 0.3) is 0 Å². The molecule has 0 saturated carbocycles. The number of ether oxygens (including phenoxy) is 1. The van der Waals surface area contributed by atoms with E-state index >= 15 is 0 Å². The molecule has 108 valence electrons. The number of methoxy groups -OCH3 is 1. The fourth-order valence-corrected chi connectivity index (χ4v) is 2.39. The molecule has 1 heterocycles. The molecule has 1 unspecified atom stereocenters. The van der Waals surface area contributed by atoms with Gasteiger partial charge >= 0.3 is 0 Å². The van der Waals surface area contributed by atoms with E-state index in [0.29, 0.717) is 17.0 Å². The minimum absolute atomic E-state index is 0.0692. The molecule has 0 spiro atoms. The molecule has 2 rings (SSSR count). The SMILES string of the molecule is COc1cccc(N2CC(=O)NC(=O)C2C)c1[C@@H](C)O. The number of carbonyl (C=O) groups excluding carboxylic acids is 2. The van der Waals surface area contributed by atoms with Crippen LogP contribution in [-0.4, -0.2) is 36.6 Å². The van der Waals surface area contributed by atoms with Crippen molar-refractivity contribution in [2.45, 2.75) is 26.0 Å². The predicted octanol–water partition coefficient (Wildman–Crippen LogP) is 0.600. The summed E-state index contributed by atoms with van der Waals surface area (Å²) in [4.78, 5) is 25.0. The highest BCUT2D eigenvalue weighted by molar-refractivity contribution is 6.04. The van der Waals surface area contributed by atoms with Gasteiger partial charge in [0.25, 0.3) is 0 Å². The van der Waals surface area contributed by atoms with Crippen LogP contribution in [0, 0.1) is 0 Å². The van der Waals surface area contributed by atoms with Crippen molar-refractivity contribution in [1.29, 1.82) is 0 Å². The van der Waals surface area contributed by atoms with E-state index in [-0.39, 0.29) is 18.4 Å². The van der Waals surface area contributed by atoms with Gasteiger partial charge < -0.3 is 14.7 Å². The molecule has 6 heteroatoms. The first-order chi connectivity index (χ1) is 9.45. The van der Waals surface area contributed by atoms with E-state index < -0.39 is 12.1 Å². The van der Waals surface area contributed by atoms with Crippen LogP contribution in [0.3, 0.4) is 0 Å². The number of aliphatic hydroxyl groups excluding tert-OH is 1. The topological polar surface area (TPSA) is 78.9 Å². The summed E-state index contributed by atoms with van der Waals surface area (Å²) in [5.41, 5.74) is 1.21. The minimum atomic E-state index is -0.770. The van der Waals surface area contributed by atoms with E-state index in [4.69, 9.17) is 4.74 Å². The third-order valence-corrected chi connectivity index (χ3v) is 3.41. The van der Waals surface area contributed by atoms with Gasteiger partial charge in [-0.2, -0.15) is 0 Å². The smallest absolute Gasteiger partial charge is 0.249 e. The number of amides is 2. The lowest BCUT2D eigenvalue weighted by Gasteiger charge is -2.35. The van der Waals surface area contributed by atoms with Crippen LogP contribution in [0.4, 0.5) is 5.69 Å². The highest BCUT2D eigenvalue weighted by Crippen LogP contribution is 2.35. The van der Waals surface area contributed by atoms with E-state index in [1.54, 1.807) is 36.9 Å². The van der Waals surface area contributed by atoms with Crippen LogP contribution < -0.4 is 15.0 Å². The largest absolute Gasteiger partial charge is 0.496 e. The van der Waals surface area contributed by atoms with Gasteiger partial charge in [-0.25, -0.2) is 0 Å². The van der Waals surface area contributed by atoms with Crippen molar-refractivity contribution in [2.75, 3.05) is 18.6 Å². The molecule has 1 aliphatic heterocycles. The third-order valence-electron chi connectivity index (χ3n) is 3.41. The van der Waals surface area contributed by atoms with E-state index in [9.17, 15) is 14.7 Å². The molecular formula is C14H18N2O4. The van der Waals surface area contributed by atoms with Crippen molar-refractivity contribution in [1.82, 2.24) is 5.32 Å². The molecule has 0 radical (unpaired) electrons. The molecule has 0 bridgehead atoms. The molecule has 1 saturated heterocycles. The van der Waals surface area contributed by atoms with Crippen LogP contribution in [0.1, 0.15) is 25.5 Å². The molecular weight excluding hydrogens is 260 g/mol. The van der Waals surface area contributed by atoms with Crippen molar-refractivity contribution in [3.63, 3.8) is 0 Å². The number of anilines is 1. The average Bonchev–Trinajstić information content (AvgIpc) is 2.41. The Morgan fingerprint density at radius 2 is 2.15 bits per heavy atom. The summed E-state index contributed by atoms with van der Waals surface area (Å²) in [7, 11) is 1.52. The standard InChI is InChI=1S/C14H18N2O4/c1-8-14(19)15-12(18)7-16(8)10-5-4-6-11(20-3)13(10)9(2)17/h4-6,8-9,17H,7H2,1-3H3,(H,15,18,19)/t8?,9-/m1/s1. The maximum absolute atomic E-state index is 11.8. The molecule has 20 heavy (non-hydrogen) atoms. The second-order valence-electron chi connectivity index (χ2n) is 4.79. The zero-order valence-electron chi connectivity index (χ0n) is 11.7. The summed E-state index contributed by atoms with van der Waals surface area (Å²) < 4.78 is 5.25. The number of imide groups is 1. The molecule has 1 aromatic carbocycles. The summed E-state index contributed by atoms with van der Waals surface area (Å²) in [5.74, 6) is -0.170. The van der Waals surface area contributed by atoms with Crippen molar-refractivity contribution in [3.8, 4) is 5.75 Å². The third kappa shape index (κ3) is 2.46. The molecule has 1 aromatic rings. The van der Waals surface area contributed by atoms with Crippen molar-refractivity contribution in [2.24, 2.45) is 0 Å². The summed E-state index contributed by atoms with van der Waals surface area (Å²) in [6.07, 6.45) is -0.770. The Labute approximate surface area is 117 Å². The molecule has 2 amide bonds. The van der Waals surface area contributed by atoms with Crippen molar-refractivity contribution in [3.05, 3.63) is 23.8 Å². The Balaban J connectivity index is 2.51. The van der Waals surface area contributed by atoms with Gasteiger partial charge in [-0.1, -0.05) is 6.07 Å². The van der Waals surface area contributed by atoms with E-state index in [0.717, 1.165) is 0 Å². The predicted molar refractivity (Wildman–Crippen MR) is 73.6 cm³/mol. The molecule has 1 aliphatic rings. The number of hydrogen-bond donors (Lipinski definition) is 2. The lowest BCUT2D eigenvalue weighted by atomic mass is 10.0. The van der Waals surface area contributed by atoms with Crippen LogP contribution in [0.2, 0.25) is 0 Å². The van der Waals surface area contributed by atoms with Gasteiger partial charge in [0, 0.05) is 11.3 Å². The van der Waals surface area contributed by atoms with Crippen molar-refractivity contribution >= 4 is 17.5 Å². The van der Waals surface area contributed by atoms with E-state index in [1.165, 1.54) is 7.11 Å². The van der Waals surface area contributed by atoms with Crippen LogP contribution >= 0.6 is 0 Å². The number of nitrogens with zero attached hydrogens (tertiary/aromatic N) is 1. The Kier molecular flexibility index (Phi) is 3.94. The summed E-state index contributed by atoms with van der Waals surface area (Å²) in [6.45, 7) is 3.41. The van der Waals surface area contributed by atoms with Gasteiger partial charge in [-0.15, -0.1) is 0 Å². The Morgan fingerprint density at radius 3 is 2.75 bits per heavy atom. The number of benzene rings is 1. The second kappa shape index (κ2) is 5.50. The van der Waals surface area contributed by atoms with Crippen LogP contribution in [-0.2, 0) is 9.59 Å². The highest BCUT2D eigenvalue weighted by Gasteiger charge is 2.32. The average molecular weight is 278 g/mol. The lowest BCUT2D eigenvalue weighted by Crippen LogP contribution is -2.57. The summed E-state index contributed by atoms with van der Waals surface area (Å²) >= 11 is 0. The minimum Gasteiger partial charge on any atom is -0.496 e. The number of nitrogens with one attached hydrogen (secondary N) is 1. The summed E-state index contributed by atoms with van der Waals surface area (Å²) in [6, 6.07) is 4.79. The monoisotopic (exact) mass is 278 g/mol.